The van der Waals surface area contributed by atoms with E-state index in [1.807, 2.05) is 18.2 Å². The van der Waals surface area contributed by atoms with Gasteiger partial charge in [-0.2, -0.15) is 5.26 Å². The lowest BCUT2D eigenvalue weighted by Gasteiger charge is -2.11. The summed E-state index contributed by atoms with van der Waals surface area (Å²) in [6.07, 6.45) is 5.47. The molecular formula is C15H14ClN3. The highest BCUT2D eigenvalue weighted by molar-refractivity contribution is 6.31. The van der Waals surface area contributed by atoms with Gasteiger partial charge in [-0.25, -0.2) is 0 Å². The maximum atomic E-state index is 9.21. The quantitative estimate of drug-likeness (QED) is 0.915. The Morgan fingerprint density at radius 2 is 2.26 bits per heavy atom. The number of nitriles is 1. The molecule has 0 radical (unpaired) electrons. The van der Waals surface area contributed by atoms with Crippen molar-refractivity contribution in [2.75, 3.05) is 11.9 Å². The Hall–Kier alpha value is -1.79. The van der Waals surface area contributed by atoms with Gasteiger partial charge in [-0.05, 0) is 30.5 Å². The molecule has 0 bridgehead atoms. The Kier molecular flexibility index (Phi) is 3.27. The van der Waals surface area contributed by atoms with E-state index in [9.17, 15) is 5.26 Å². The zero-order valence-electron chi connectivity index (χ0n) is 10.5. The minimum atomic E-state index is 0.575. The monoisotopic (exact) mass is 271 g/mol. The number of pyridine rings is 1. The zero-order chi connectivity index (χ0) is 13.2. The van der Waals surface area contributed by atoms with Crippen molar-refractivity contribution in [1.82, 2.24) is 4.98 Å². The van der Waals surface area contributed by atoms with Gasteiger partial charge in [-0.1, -0.05) is 24.4 Å². The van der Waals surface area contributed by atoms with E-state index in [1.54, 1.807) is 6.20 Å². The first kappa shape index (κ1) is 12.3. The summed E-state index contributed by atoms with van der Waals surface area (Å²) in [7, 11) is 0. The summed E-state index contributed by atoms with van der Waals surface area (Å²) in [6, 6.07) is 7.75. The smallest absolute Gasteiger partial charge is 0.103 e. The predicted molar refractivity (Wildman–Crippen MR) is 77.3 cm³/mol. The molecule has 3 nitrogen and oxygen atoms in total. The molecule has 3 rings (SSSR count). The van der Waals surface area contributed by atoms with Crippen molar-refractivity contribution in [2.45, 2.75) is 19.3 Å². The number of hydrogen-bond acceptors (Lipinski definition) is 3. The van der Waals surface area contributed by atoms with Gasteiger partial charge in [0.25, 0.3) is 0 Å². The average Bonchev–Trinajstić information content (AvgIpc) is 3.23. The fourth-order valence-electron chi connectivity index (χ4n) is 2.25. The number of nitrogens with one attached hydrogen (secondary N) is 1. The molecule has 0 spiro atoms. The van der Waals surface area contributed by atoms with Crippen LogP contribution >= 0.6 is 11.6 Å². The van der Waals surface area contributed by atoms with Crippen molar-refractivity contribution < 1.29 is 0 Å². The average molecular weight is 272 g/mol. The zero-order valence-corrected chi connectivity index (χ0v) is 11.2. The SMILES string of the molecule is N#Cc1cnc2ccc(Cl)cc2c1NCCC1CC1. The molecule has 1 aromatic carbocycles. The summed E-state index contributed by atoms with van der Waals surface area (Å²) in [5.74, 6) is 0.870. The van der Waals surface area contributed by atoms with E-state index in [-0.39, 0.29) is 0 Å². The number of fused-ring (bicyclic) bond motifs is 1. The van der Waals surface area contributed by atoms with Gasteiger partial charge < -0.3 is 5.32 Å². The molecule has 1 aliphatic rings. The highest BCUT2D eigenvalue weighted by Gasteiger charge is 2.20. The minimum absolute atomic E-state index is 0.575. The van der Waals surface area contributed by atoms with Gasteiger partial charge in [0.1, 0.15) is 6.07 Å². The van der Waals surface area contributed by atoms with Gasteiger partial charge >= 0.3 is 0 Å². The Morgan fingerprint density at radius 1 is 1.42 bits per heavy atom. The Bertz CT molecular complexity index is 656. The van der Waals surface area contributed by atoms with Crippen LogP contribution in [0.2, 0.25) is 5.02 Å². The van der Waals surface area contributed by atoms with Crippen molar-refractivity contribution >= 4 is 28.2 Å². The van der Waals surface area contributed by atoms with Crippen molar-refractivity contribution in [3.8, 4) is 6.07 Å². The second-order valence-electron chi connectivity index (χ2n) is 4.98. The fourth-order valence-corrected chi connectivity index (χ4v) is 2.42. The largest absolute Gasteiger partial charge is 0.383 e. The number of aromatic nitrogens is 1. The third-order valence-corrected chi connectivity index (χ3v) is 3.74. The molecule has 1 saturated carbocycles. The van der Waals surface area contributed by atoms with Crippen LogP contribution in [0.4, 0.5) is 5.69 Å². The van der Waals surface area contributed by atoms with Crippen LogP contribution in [0.15, 0.2) is 24.4 Å². The molecule has 4 heteroatoms. The van der Waals surface area contributed by atoms with E-state index in [0.29, 0.717) is 10.6 Å². The van der Waals surface area contributed by atoms with Gasteiger partial charge in [0.2, 0.25) is 0 Å². The molecule has 1 aromatic heterocycles. The van der Waals surface area contributed by atoms with E-state index in [2.05, 4.69) is 16.4 Å². The van der Waals surface area contributed by atoms with Gasteiger partial charge in [-0.3, -0.25) is 4.98 Å². The molecule has 0 atom stereocenters. The van der Waals surface area contributed by atoms with Crippen LogP contribution < -0.4 is 5.32 Å². The third kappa shape index (κ3) is 2.64. The first-order valence-corrected chi connectivity index (χ1v) is 6.88. The Balaban J connectivity index is 1.96. The van der Waals surface area contributed by atoms with Gasteiger partial charge in [0.15, 0.2) is 0 Å². The molecule has 1 N–H and O–H groups in total. The van der Waals surface area contributed by atoms with Crippen LogP contribution in [-0.4, -0.2) is 11.5 Å². The Morgan fingerprint density at radius 3 is 3.00 bits per heavy atom. The summed E-state index contributed by atoms with van der Waals surface area (Å²) in [6.45, 7) is 0.894. The summed E-state index contributed by atoms with van der Waals surface area (Å²) in [5, 5.41) is 14.2. The highest BCUT2D eigenvalue weighted by Crippen LogP contribution is 2.33. The number of nitrogens with zero attached hydrogens (tertiary/aromatic N) is 2. The predicted octanol–water partition coefficient (Wildman–Crippen LogP) is 3.97. The van der Waals surface area contributed by atoms with E-state index in [0.717, 1.165) is 35.5 Å². The molecule has 0 aliphatic heterocycles. The molecule has 1 fully saturated rings. The normalized spacial score (nSPS) is 14.3. The summed E-state index contributed by atoms with van der Waals surface area (Å²) in [5.41, 5.74) is 2.29. The third-order valence-electron chi connectivity index (χ3n) is 3.50. The molecule has 0 unspecified atom stereocenters. The van der Waals surface area contributed by atoms with Gasteiger partial charge in [0, 0.05) is 23.2 Å². The number of benzene rings is 1. The molecule has 1 heterocycles. The summed E-state index contributed by atoms with van der Waals surface area (Å²) in [4.78, 5) is 4.29. The lowest BCUT2D eigenvalue weighted by atomic mass is 10.1. The molecule has 1 aliphatic carbocycles. The lowest BCUT2D eigenvalue weighted by molar-refractivity contribution is 0.760. The molecule has 19 heavy (non-hydrogen) atoms. The van der Waals surface area contributed by atoms with Crippen molar-refractivity contribution in [1.29, 1.82) is 5.26 Å². The van der Waals surface area contributed by atoms with Crippen LogP contribution in [0, 0.1) is 17.2 Å². The van der Waals surface area contributed by atoms with Crippen LogP contribution in [0.5, 0.6) is 0 Å². The molecule has 0 amide bonds. The number of rotatable bonds is 4. The topological polar surface area (TPSA) is 48.7 Å². The standard InChI is InChI=1S/C15H14ClN3/c16-12-3-4-14-13(7-12)15(11(8-17)9-19-14)18-6-5-10-1-2-10/h3-4,7,9-10H,1-2,5-6H2,(H,18,19). The maximum absolute atomic E-state index is 9.21. The van der Waals surface area contributed by atoms with E-state index in [1.165, 1.54) is 12.8 Å². The van der Waals surface area contributed by atoms with E-state index < -0.39 is 0 Å². The first-order chi connectivity index (χ1) is 9.28. The molecular weight excluding hydrogens is 258 g/mol. The molecule has 2 aromatic rings. The number of halogens is 1. The van der Waals surface area contributed by atoms with E-state index in [4.69, 9.17) is 11.6 Å². The molecule has 96 valence electrons. The van der Waals surface area contributed by atoms with Crippen LogP contribution in [-0.2, 0) is 0 Å². The van der Waals surface area contributed by atoms with Crippen LogP contribution in [0.1, 0.15) is 24.8 Å². The second-order valence-corrected chi connectivity index (χ2v) is 5.42. The van der Waals surface area contributed by atoms with Crippen molar-refractivity contribution in [3.05, 3.63) is 35.0 Å². The number of anilines is 1. The van der Waals surface area contributed by atoms with Crippen LogP contribution in [0.3, 0.4) is 0 Å². The lowest BCUT2D eigenvalue weighted by Crippen LogP contribution is -2.05. The van der Waals surface area contributed by atoms with Gasteiger partial charge in [-0.15, -0.1) is 0 Å². The molecule has 0 saturated heterocycles. The van der Waals surface area contributed by atoms with Crippen molar-refractivity contribution in [3.63, 3.8) is 0 Å². The first-order valence-electron chi connectivity index (χ1n) is 6.50. The second kappa shape index (κ2) is 5.07. The highest BCUT2D eigenvalue weighted by atomic mass is 35.5. The van der Waals surface area contributed by atoms with Crippen molar-refractivity contribution in [2.24, 2.45) is 5.92 Å². The van der Waals surface area contributed by atoms with Crippen LogP contribution in [0.25, 0.3) is 10.9 Å². The summed E-state index contributed by atoms with van der Waals surface area (Å²) >= 11 is 6.04. The number of hydrogen-bond donors (Lipinski definition) is 1. The fraction of sp³-hybridized carbons (Fsp3) is 0.333. The van der Waals surface area contributed by atoms with E-state index >= 15 is 0 Å². The Labute approximate surface area is 117 Å². The maximum Gasteiger partial charge on any atom is 0.103 e. The van der Waals surface area contributed by atoms with Gasteiger partial charge in [0.05, 0.1) is 16.8 Å². The minimum Gasteiger partial charge on any atom is -0.383 e. The summed E-state index contributed by atoms with van der Waals surface area (Å²) < 4.78 is 0.